The lowest BCUT2D eigenvalue weighted by molar-refractivity contribution is -0.123. The van der Waals surface area contributed by atoms with Crippen LogP contribution in [0, 0.1) is 46.3 Å². The van der Waals surface area contributed by atoms with Crippen LogP contribution in [0.1, 0.15) is 192 Å². The van der Waals surface area contributed by atoms with Gasteiger partial charge >= 0.3 is 6.16 Å². The van der Waals surface area contributed by atoms with Crippen LogP contribution in [0.25, 0.3) is 0 Å². The van der Waals surface area contributed by atoms with E-state index in [4.69, 9.17) is 9.47 Å². The van der Waals surface area contributed by atoms with E-state index < -0.39 is 6.16 Å². The number of hydrogen-bond donors (Lipinski definition) is 1. The monoisotopic (exact) mass is 690 g/mol. The van der Waals surface area contributed by atoms with E-state index in [1.165, 1.54) is 64.2 Å². The summed E-state index contributed by atoms with van der Waals surface area (Å²) in [6, 6.07) is 0. The fourth-order valence-electron chi connectivity index (χ4n) is 9.58. The highest BCUT2D eigenvalue weighted by Gasteiger charge is 2.58. The van der Waals surface area contributed by atoms with Crippen LogP contribution in [-0.4, -0.2) is 31.3 Å². The van der Waals surface area contributed by atoms with Gasteiger partial charge in [-0.25, -0.2) is 4.79 Å². The number of carbonyl (C=O) groups excluding carboxylic acids is 2. The summed E-state index contributed by atoms with van der Waals surface area (Å²) >= 11 is 0. The summed E-state index contributed by atoms with van der Waals surface area (Å²) in [5, 5.41) is 2.95. The van der Waals surface area contributed by atoms with E-state index in [0.717, 1.165) is 81.1 Å². The minimum atomic E-state index is -0.499. The van der Waals surface area contributed by atoms with Crippen LogP contribution in [0.5, 0.6) is 0 Å². The van der Waals surface area contributed by atoms with Crippen molar-refractivity contribution in [2.45, 2.75) is 198 Å². The van der Waals surface area contributed by atoms with Crippen molar-refractivity contribution in [3.63, 3.8) is 0 Å². The normalized spacial score (nSPS) is 29.7. The second-order valence-corrected chi connectivity index (χ2v) is 16.4. The average molecular weight is 690 g/mol. The maximum absolute atomic E-state index is 12.5. The summed E-state index contributed by atoms with van der Waals surface area (Å²) < 4.78 is 11.3. The maximum atomic E-state index is 12.5. The van der Waals surface area contributed by atoms with Gasteiger partial charge in [-0.2, -0.15) is 0 Å². The van der Waals surface area contributed by atoms with Gasteiger partial charge in [-0.15, -0.1) is 0 Å². The van der Waals surface area contributed by atoms with Crippen LogP contribution in [0.3, 0.4) is 0 Å². The molecule has 7 unspecified atom stereocenters. The molecule has 5 heteroatoms. The van der Waals surface area contributed by atoms with E-state index in [9.17, 15) is 9.59 Å². The Morgan fingerprint density at radius 3 is 2.18 bits per heavy atom. The molecule has 0 aromatic rings. The van der Waals surface area contributed by atoms with Gasteiger partial charge < -0.3 is 14.8 Å². The summed E-state index contributed by atoms with van der Waals surface area (Å²) in [5.74, 6) is 4.44. The van der Waals surface area contributed by atoms with Gasteiger partial charge in [-0.1, -0.05) is 127 Å². The van der Waals surface area contributed by atoms with Crippen molar-refractivity contribution in [3.05, 3.63) is 11.6 Å². The molecule has 3 fully saturated rings. The lowest BCUT2D eigenvalue weighted by Gasteiger charge is -2.58. The summed E-state index contributed by atoms with van der Waals surface area (Å²) in [6.07, 6.45) is 22.6. The Hall–Kier alpha value is -1.52. The molecule has 3 saturated carbocycles. The van der Waals surface area contributed by atoms with Crippen LogP contribution < -0.4 is 5.32 Å². The van der Waals surface area contributed by atoms with Gasteiger partial charge in [0, 0.05) is 18.9 Å². The predicted molar refractivity (Wildman–Crippen MR) is 210 cm³/mol. The first-order chi connectivity index (χ1) is 23.5. The van der Waals surface area contributed by atoms with Crippen molar-refractivity contribution < 1.29 is 19.1 Å². The number of carbonyl (C=O) groups is 2. The number of unbranched alkanes of at least 4 members (excludes halogenated alkanes) is 4. The molecule has 0 spiro atoms. The molecule has 0 aromatic carbocycles. The van der Waals surface area contributed by atoms with Gasteiger partial charge in [0.15, 0.2) is 0 Å². The summed E-state index contributed by atoms with van der Waals surface area (Å²) in [6.45, 7) is 27.1. The molecule has 1 amide bonds. The molecule has 0 saturated heterocycles. The molecule has 4 rings (SSSR count). The first-order valence-corrected chi connectivity index (χ1v) is 21.3. The number of allylic oxidation sites excluding steroid dienone is 1. The van der Waals surface area contributed by atoms with Crippen molar-refractivity contribution in [3.8, 4) is 0 Å². The summed E-state index contributed by atoms with van der Waals surface area (Å²) in [4.78, 5) is 24.1. The largest absolute Gasteiger partial charge is 0.508 e. The molecule has 7 atom stereocenters. The fraction of sp³-hybridized carbons (Fsp3) is 0.909. The fourth-order valence-corrected chi connectivity index (χ4v) is 9.58. The lowest BCUT2D eigenvalue weighted by atomic mass is 9.47. The number of hydrogen-bond acceptors (Lipinski definition) is 4. The van der Waals surface area contributed by atoms with Crippen molar-refractivity contribution in [2.24, 2.45) is 46.3 Å². The Balaban J connectivity index is 0.00000160. The molecule has 0 bridgehead atoms. The SMILES string of the molecule is CC.CC.CC(C)CCCCC1CCC2C3CC=C4CC(OC(=O)OCCCCCCNC(=O)C(C)C)CCC4(C)C3CCC12C.CCC. The first kappa shape index (κ1) is 45.5. The van der Waals surface area contributed by atoms with Crippen molar-refractivity contribution >= 4 is 12.1 Å². The van der Waals surface area contributed by atoms with Gasteiger partial charge in [0.2, 0.25) is 5.91 Å². The Bertz CT molecular complexity index is 943. The molecule has 49 heavy (non-hydrogen) atoms. The van der Waals surface area contributed by atoms with Crippen LogP contribution in [0.4, 0.5) is 4.79 Å². The van der Waals surface area contributed by atoms with Gasteiger partial charge in [0.05, 0.1) is 6.61 Å². The minimum Gasteiger partial charge on any atom is -0.434 e. The highest BCUT2D eigenvalue weighted by Crippen LogP contribution is 2.66. The van der Waals surface area contributed by atoms with Crippen LogP contribution in [0.2, 0.25) is 0 Å². The van der Waals surface area contributed by atoms with Gasteiger partial charge in [-0.3, -0.25) is 4.79 Å². The molecule has 0 aromatic heterocycles. The quantitative estimate of drug-likeness (QED) is 0.112. The van der Waals surface area contributed by atoms with E-state index >= 15 is 0 Å². The van der Waals surface area contributed by atoms with Crippen LogP contribution >= 0.6 is 0 Å². The molecule has 4 aliphatic carbocycles. The smallest absolute Gasteiger partial charge is 0.434 e. The molecule has 288 valence electrons. The Labute approximate surface area is 305 Å². The molecule has 4 aliphatic rings. The zero-order valence-corrected chi connectivity index (χ0v) is 34.7. The van der Waals surface area contributed by atoms with Gasteiger partial charge in [0.1, 0.15) is 6.10 Å². The highest BCUT2D eigenvalue weighted by molar-refractivity contribution is 5.77. The Morgan fingerprint density at radius 2 is 1.53 bits per heavy atom. The first-order valence-electron chi connectivity index (χ1n) is 21.3. The molecular formula is C44H83NO4. The molecule has 0 heterocycles. The number of nitrogens with one attached hydrogen (secondary N) is 1. The zero-order valence-electron chi connectivity index (χ0n) is 34.7. The van der Waals surface area contributed by atoms with E-state index in [1.54, 1.807) is 5.57 Å². The number of rotatable bonds is 14. The van der Waals surface area contributed by atoms with Crippen molar-refractivity contribution in [2.75, 3.05) is 13.2 Å². The molecular weight excluding hydrogens is 606 g/mol. The lowest BCUT2D eigenvalue weighted by Crippen LogP contribution is -2.50. The maximum Gasteiger partial charge on any atom is 0.508 e. The zero-order chi connectivity index (χ0) is 37.0. The molecule has 0 radical (unpaired) electrons. The van der Waals surface area contributed by atoms with Gasteiger partial charge in [0.25, 0.3) is 0 Å². The topological polar surface area (TPSA) is 64.6 Å². The average Bonchev–Trinajstić information content (AvgIpc) is 3.42. The number of amides is 1. The van der Waals surface area contributed by atoms with E-state index in [0.29, 0.717) is 12.0 Å². The molecule has 1 N–H and O–H groups in total. The Kier molecular flexibility index (Phi) is 22.2. The van der Waals surface area contributed by atoms with Crippen molar-refractivity contribution in [1.29, 1.82) is 0 Å². The van der Waals surface area contributed by atoms with E-state index in [2.05, 4.69) is 52.9 Å². The summed E-state index contributed by atoms with van der Waals surface area (Å²) in [5.41, 5.74) is 2.39. The summed E-state index contributed by atoms with van der Waals surface area (Å²) in [7, 11) is 0. The minimum absolute atomic E-state index is 0.0336. The van der Waals surface area contributed by atoms with Crippen LogP contribution in [0.15, 0.2) is 11.6 Å². The second kappa shape index (κ2) is 23.9. The molecule has 0 aliphatic heterocycles. The Morgan fingerprint density at radius 1 is 0.857 bits per heavy atom. The highest BCUT2D eigenvalue weighted by atomic mass is 16.7. The third-order valence-corrected chi connectivity index (χ3v) is 12.2. The van der Waals surface area contributed by atoms with E-state index in [-0.39, 0.29) is 23.3 Å². The third-order valence-electron chi connectivity index (χ3n) is 12.2. The number of fused-ring (bicyclic) bond motifs is 5. The molecule has 5 nitrogen and oxygen atoms in total. The number of ether oxygens (including phenoxy) is 2. The van der Waals surface area contributed by atoms with Gasteiger partial charge in [-0.05, 0) is 111 Å². The third kappa shape index (κ3) is 13.5. The van der Waals surface area contributed by atoms with E-state index in [1.807, 2.05) is 41.5 Å². The standard InChI is InChI=1S/C37H63NO4.C3H8.2C2H6/c1-26(2)13-9-10-14-28-16-18-32-31-17-15-29-25-30(19-21-37(29,6)33(31)20-22-36(28,32)5)42-35(40)41-24-12-8-7-11-23-38-34(39)27(3)4;1-3-2;2*1-2/h15,26-28,30-33H,7-14,16-25H2,1-6H3,(H,38,39);3H2,1-2H3;2*1-2H3. The predicted octanol–water partition coefficient (Wildman–Crippen LogP) is 13.1. The second-order valence-electron chi connectivity index (χ2n) is 16.4. The van der Waals surface area contributed by atoms with Crippen molar-refractivity contribution in [1.82, 2.24) is 5.32 Å². The van der Waals surface area contributed by atoms with Crippen LogP contribution in [-0.2, 0) is 14.3 Å².